The zero-order valence-corrected chi connectivity index (χ0v) is 14.8. The summed E-state index contributed by atoms with van der Waals surface area (Å²) in [6.07, 6.45) is 3.60. The molecule has 2 heterocycles. The molecule has 0 radical (unpaired) electrons. The zero-order valence-electron chi connectivity index (χ0n) is 14.8. The molecule has 0 aliphatic heterocycles. The molecule has 0 fully saturated rings. The predicted molar refractivity (Wildman–Crippen MR) is 109 cm³/mol. The smallest absolute Gasteiger partial charge is 0.323 e. The van der Waals surface area contributed by atoms with Crippen LogP contribution >= 0.6 is 0 Å². The van der Waals surface area contributed by atoms with Gasteiger partial charge in [0.2, 0.25) is 0 Å². The number of rotatable bonds is 3. The van der Waals surface area contributed by atoms with Gasteiger partial charge in [0.1, 0.15) is 12.1 Å². The van der Waals surface area contributed by atoms with Crippen molar-refractivity contribution >= 4 is 28.7 Å². The number of pyridine rings is 1. The van der Waals surface area contributed by atoms with Crippen molar-refractivity contribution in [2.75, 3.05) is 16.4 Å². The lowest BCUT2D eigenvalue weighted by atomic mass is 10.1. The molecule has 4 rings (SSSR count). The molecule has 27 heavy (non-hydrogen) atoms. The number of carbonyl (C=O) groups is 1. The lowest BCUT2D eigenvalue weighted by Crippen LogP contribution is -2.19. The molecule has 4 aromatic rings. The number of anilines is 3. The Bertz CT molecular complexity index is 1120. The lowest BCUT2D eigenvalue weighted by molar-refractivity contribution is 0.262. The number of aromatic nitrogens is 2. The molecule has 134 valence electrons. The van der Waals surface area contributed by atoms with E-state index in [0.717, 1.165) is 27.9 Å². The first-order valence-electron chi connectivity index (χ1n) is 8.56. The van der Waals surface area contributed by atoms with Gasteiger partial charge in [0, 0.05) is 23.1 Å². The van der Waals surface area contributed by atoms with Crippen molar-refractivity contribution in [2.45, 2.75) is 6.92 Å². The van der Waals surface area contributed by atoms with E-state index in [4.69, 9.17) is 5.73 Å². The van der Waals surface area contributed by atoms with Crippen molar-refractivity contribution < 1.29 is 4.79 Å². The number of aryl methyl sites for hydroxylation is 1. The van der Waals surface area contributed by atoms with Crippen LogP contribution in [0.1, 0.15) is 5.56 Å². The Hall–Kier alpha value is -3.80. The number of amides is 2. The normalized spacial score (nSPS) is 10.7. The van der Waals surface area contributed by atoms with Gasteiger partial charge in [0.25, 0.3) is 0 Å². The number of hydrogen-bond donors (Lipinski definition) is 3. The fourth-order valence-electron chi connectivity index (χ4n) is 3.06. The first-order valence-corrected chi connectivity index (χ1v) is 8.56. The fourth-order valence-corrected chi connectivity index (χ4v) is 3.06. The second kappa shape index (κ2) is 6.84. The van der Waals surface area contributed by atoms with Crippen LogP contribution in [0.2, 0.25) is 0 Å². The van der Waals surface area contributed by atoms with Crippen LogP contribution in [-0.2, 0) is 0 Å². The highest BCUT2D eigenvalue weighted by Crippen LogP contribution is 2.28. The molecule has 0 aliphatic carbocycles. The van der Waals surface area contributed by atoms with E-state index in [1.54, 1.807) is 6.33 Å². The second-order valence-corrected chi connectivity index (χ2v) is 6.33. The van der Waals surface area contributed by atoms with Crippen molar-refractivity contribution in [3.8, 4) is 11.1 Å². The van der Waals surface area contributed by atoms with Gasteiger partial charge in [-0.2, -0.15) is 0 Å². The number of fused-ring (bicyclic) bond motifs is 1. The number of carbonyl (C=O) groups excluding carboxylic acids is 1. The summed E-state index contributed by atoms with van der Waals surface area (Å²) in [4.78, 5) is 16.3. The number of nitrogen functional groups attached to an aromatic ring is 1. The van der Waals surface area contributed by atoms with Gasteiger partial charge in [-0.15, -0.1) is 0 Å². The van der Waals surface area contributed by atoms with Crippen LogP contribution in [0.5, 0.6) is 0 Å². The van der Waals surface area contributed by atoms with Crippen molar-refractivity contribution in [3.63, 3.8) is 0 Å². The van der Waals surface area contributed by atoms with Gasteiger partial charge in [-0.25, -0.2) is 9.78 Å². The number of hydrogen-bond acceptors (Lipinski definition) is 3. The van der Waals surface area contributed by atoms with Crippen LogP contribution in [0.15, 0.2) is 73.2 Å². The summed E-state index contributed by atoms with van der Waals surface area (Å²) in [6.45, 7) is 1.98. The Morgan fingerprint density at radius 1 is 1.00 bits per heavy atom. The van der Waals surface area contributed by atoms with Gasteiger partial charge in [-0.3, -0.25) is 0 Å². The van der Waals surface area contributed by atoms with Gasteiger partial charge in [0.15, 0.2) is 0 Å². The Kier molecular flexibility index (Phi) is 4.22. The van der Waals surface area contributed by atoms with Crippen molar-refractivity contribution in [1.29, 1.82) is 0 Å². The number of benzene rings is 2. The largest absolute Gasteiger partial charge is 0.382 e. The number of nitrogens with zero attached hydrogens (tertiary/aromatic N) is 2. The molecular formula is C21H19N5O. The molecule has 6 nitrogen and oxygen atoms in total. The third kappa shape index (κ3) is 3.46. The number of nitrogens with one attached hydrogen (secondary N) is 2. The van der Waals surface area contributed by atoms with Gasteiger partial charge >= 0.3 is 6.03 Å². The maximum absolute atomic E-state index is 12.2. The standard InChI is InChI=1S/C21H19N5O/c1-14-4-2-5-17(12-14)25-21(27)24-16-9-7-15(8-10-16)18-6-3-11-26-13-23-20(22)19(18)26/h2-13H,22H2,1H3,(H2,24,25,27). The minimum Gasteiger partial charge on any atom is -0.382 e. The highest BCUT2D eigenvalue weighted by Gasteiger charge is 2.09. The maximum atomic E-state index is 12.2. The molecule has 0 saturated heterocycles. The summed E-state index contributed by atoms with van der Waals surface area (Å²) in [6, 6.07) is 18.9. The van der Waals surface area contributed by atoms with E-state index in [2.05, 4.69) is 15.6 Å². The van der Waals surface area contributed by atoms with Crippen LogP contribution in [0.4, 0.5) is 22.0 Å². The molecule has 0 unspecified atom stereocenters. The van der Waals surface area contributed by atoms with Crippen molar-refractivity contribution in [1.82, 2.24) is 9.38 Å². The monoisotopic (exact) mass is 357 g/mol. The van der Waals surface area contributed by atoms with E-state index in [0.29, 0.717) is 11.5 Å². The predicted octanol–water partition coefficient (Wildman–Crippen LogP) is 4.54. The summed E-state index contributed by atoms with van der Waals surface area (Å²) in [5.41, 5.74) is 11.4. The Balaban J connectivity index is 1.52. The summed E-state index contributed by atoms with van der Waals surface area (Å²) in [7, 11) is 0. The second-order valence-electron chi connectivity index (χ2n) is 6.33. The van der Waals surface area contributed by atoms with Gasteiger partial charge in [-0.05, 0) is 48.4 Å². The molecule has 0 saturated carbocycles. The Morgan fingerprint density at radius 3 is 2.56 bits per heavy atom. The highest BCUT2D eigenvalue weighted by atomic mass is 16.2. The lowest BCUT2D eigenvalue weighted by Gasteiger charge is -2.10. The van der Waals surface area contributed by atoms with Gasteiger partial charge in [-0.1, -0.05) is 30.3 Å². The van der Waals surface area contributed by atoms with E-state index in [-0.39, 0.29) is 6.03 Å². The number of urea groups is 1. The SMILES string of the molecule is Cc1cccc(NC(=O)Nc2ccc(-c3cccn4cnc(N)c34)cc2)c1. The van der Waals surface area contributed by atoms with E-state index in [9.17, 15) is 4.79 Å². The van der Waals surface area contributed by atoms with Gasteiger partial charge in [0.05, 0.1) is 5.52 Å². The third-order valence-corrected chi connectivity index (χ3v) is 4.32. The number of nitrogens with two attached hydrogens (primary N) is 1. The molecule has 2 amide bonds. The molecule has 0 aliphatic rings. The van der Waals surface area contributed by atoms with Crippen molar-refractivity contribution in [3.05, 3.63) is 78.8 Å². The van der Waals surface area contributed by atoms with E-state index >= 15 is 0 Å². The van der Waals surface area contributed by atoms with E-state index in [1.807, 2.05) is 78.2 Å². The summed E-state index contributed by atoms with van der Waals surface area (Å²) in [5, 5.41) is 5.67. The minimum atomic E-state index is -0.282. The van der Waals surface area contributed by atoms with Crippen molar-refractivity contribution in [2.24, 2.45) is 0 Å². The number of imidazole rings is 1. The maximum Gasteiger partial charge on any atom is 0.323 e. The Morgan fingerprint density at radius 2 is 1.78 bits per heavy atom. The molecule has 2 aromatic carbocycles. The summed E-state index contributed by atoms with van der Waals surface area (Å²) in [5.74, 6) is 0.491. The average molecular weight is 357 g/mol. The molecule has 0 atom stereocenters. The summed E-state index contributed by atoms with van der Waals surface area (Å²) < 4.78 is 1.89. The van der Waals surface area contributed by atoms with Crippen LogP contribution in [0.3, 0.4) is 0 Å². The fraction of sp³-hybridized carbons (Fsp3) is 0.0476. The molecule has 4 N–H and O–H groups in total. The molecule has 0 bridgehead atoms. The third-order valence-electron chi connectivity index (χ3n) is 4.32. The van der Waals surface area contributed by atoms with Crippen LogP contribution < -0.4 is 16.4 Å². The van der Waals surface area contributed by atoms with Crippen LogP contribution in [0.25, 0.3) is 16.6 Å². The van der Waals surface area contributed by atoms with Crippen LogP contribution in [-0.4, -0.2) is 15.4 Å². The highest BCUT2D eigenvalue weighted by molar-refractivity contribution is 6.00. The molecule has 2 aromatic heterocycles. The minimum absolute atomic E-state index is 0.282. The molecule has 0 spiro atoms. The summed E-state index contributed by atoms with van der Waals surface area (Å²) >= 11 is 0. The first-order chi connectivity index (χ1) is 13.1. The van der Waals surface area contributed by atoms with Gasteiger partial charge < -0.3 is 20.8 Å². The quantitative estimate of drug-likeness (QED) is 0.503. The topological polar surface area (TPSA) is 84.5 Å². The van der Waals surface area contributed by atoms with E-state index in [1.165, 1.54) is 0 Å². The molecular weight excluding hydrogens is 338 g/mol. The zero-order chi connectivity index (χ0) is 18.8. The Labute approximate surface area is 156 Å². The average Bonchev–Trinajstić information content (AvgIpc) is 3.04. The molecule has 6 heteroatoms. The van der Waals surface area contributed by atoms with Crippen LogP contribution in [0, 0.1) is 6.92 Å². The first kappa shape index (κ1) is 16.7. The van der Waals surface area contributed by atoms with E-state index < -0.39 is 0 Å².